The Morgan fingerprint density at radius 2 is 2.16 bits per heavy atom. The second-order valence-electron chi connectivity index (χ2n) is 3.60. The van der Waals surface area contributed by atoms with Crippen LogP contribution in [0.15, 0.2) is 35.3 Å². The number of rotatable bonds is 3. The van der Waals surface area contributed by atoms with Gasteiger partial charge in [-0.1, -0.05) is 0 Å². The number of hydrogen-bond donors (Lipinski definition) is 1. The van der Waals surface area contributed by atoms with Crippen molar-refractivity contribution in [2.45, 2.75) is 0 Å². The summed E-state index contributed by atoms with van der Waals surface area (Å²) in [5.74, 6) is -1.98. The van der Waals surface area contributed by atoms with Crippen LogP contribution in [0.4, 0.5) is 4.39 Å². The van der Waals surface area contributed by atoms with E-state index < -0.39 is 22.9 Å². The Kier molecular flexibility index (Phi) is 3.28. The van der Waals surface area contributed by atoms with E-state index in [1.807, 2.05) is 0 Å². The molecule has 0 amide bonds. The first-order valence-corrected chi connectivity index (χ1v) is 5.20. The standard InChI is InChI=1S/C12H9FN2O4/c1-19-10-6-7(2-3-8(10)13)15-5-4-9(16)11(14-15)12(17)18/h2-6H,1H3,(H,17,18). The van der Waals surface area contributed by atoms with Crippen LogP contribution in [0.5, 0.6) is 5.75 Å². The molecule has 19 heavy (non-hydrogen) atoms. The highest BCUT2D eigenvalue weighted by molar-refractivity contribution is 5.84. The molecule has 0 aliphatic rings. The first-order valence-electron chi connectivity index (χ1n) is 5.20. The van der Waals surface area contributed by atoms with Crippen LogP contribution < -0.4 is 10.2 Å². The molecule has 0 aliphatic heterocycles. The van der Waals surface area contributed by atoms with Gasteiger partial charge in [0.1, 0.15) is 0 Å². The van der Waals surface area contributed by atoms with Crippen molar-refractivity contribution in [2.24, 2.45) is 0 Å². The maximum Gasteiger partial charge on any atom is 0.360 e. The van der Waals surface area contributed by atoms with Crippen molar-refractivity contribution in [3.8, 4) is 11.4 Å². The van der Waals surface area contributed by atoms with Crippen molar-refractivity contribution in [3.63, 3.8) is 0 Å². The molecule has 2 rings (SSSR count). The van der Waals surface area contributed by atoms with E-state index in [1.165, 1.54) is 25.4 Å². The van der Waals surface area contributed by atoms with E-state index in [2.05, 4.69) is 5.10 Å². The quantitative estimate of drug-likeness (QED) is 0.897. The monoisotopic (exact) mass is 264 g/mol. The number of benzene rings is 1. The van der Waals surface area contributed by atoms with Gasteiger partial charge in [-0.25, -0.2) is 13.9 Å². The summed E-state index contributed by atoms with van der Waals surface area (Å²) in [4.78, 5) is 22.1. The molecule has 2 aromatic rings. The van der Waals surface area contributed by atoms with E-state index in [0.29, 0.717) is 5.69 Å². The predicted molar refractivity (Wildman–Crippen MR) is 63.3 cm³/mol. The summed E-state index contributed by atoms with van der Waals surface area (Å²) in [6.45, 7) is 0. The van der Waals surface area contributed by atoms with Crippen molar-refractivity contribution in [2.75, 3.05) is 7.11 Å². The van der Waals surface area contributed by atoms with Crippen LogP contribution in [0.1, 0.15) is 10.5 Å². The van der Waals surface area contributed by atoms with E-state index in [4.69, 9.17) is 9.84 Å². The van der Waals surface area contributed by atoms with Gasteiger partial charge in [0.05, 0.1) is 12.8 Å². The first kappa shape index (κ1) is 12.7. The number of nitrogens with zero attached hydrogens (tertiary/aromatic N) is 2. The molecular formula is C12H9FN2O4. The van der Waals surface area contributed by atoms with Crippen LogP contribution in [-0.2, 0) is 0 Å². The zero-order valence-corrected chi connectivity index (χ0v) is 9.83. The van der Waals surface area contributed by atoms with Gasteiger partial charge >= 0.3 is 5.97 Å². The number of aromatic carboxylic acids is 1. The van der Waals surface area contributed by atoms with Gasteiger partial charge in [0, 0.05) is 18.3 Å². The zero-order chi connectivity index (χ0) is 14.0. The normalized spacial score (nSPS) is 10.2. The average Bonchev–Trinajstić information content (AvgIpc) is 2.39. The minimum absolute atomic E-state index is 0.00475. The Bertz CT molecular complexity index is 696. The van der Waals surface area contributed by atoms with Crippen LogP contribution in [0, 0.1) is 5.82 Å². The third-order valence-electron chi connectivity index (χ3n) is 2.41. The highest BCUT2D eigenvalue weighted by Crippen LogP contribution is 2.19. The lowest BCUT2D eigenvalue weighted by Crippen LogP contribution is -2.20. The molecule has 98 valence electrons. The smallest absolute Gasteiger partial charge is 0.360 e. The molecule has 0 unspecified atom stereocenters. The summed E-state index contributed by atoms with van der Waals surface area (Å²) < 4.78 is 19.2. The van der Waals surface area contributed by atoms with E-state index in [9.17, 15) is 14.0 Å². The van der Waals surface area contributed by atoms with Crippen molar-refractivity contribution in [1.82, 2.24) is 9.78 Å². The van der Waals surface area contributed by atoms with Crippen LogP contribution in [-0.4, -0.2) is 28.0 Å². The summed E-state index contributed by atoms with van der Waals surface area (Å²) in [7, 11) is 1.31. The van der Waals surface area contributed by atoms with Gasteiger partial charge in [0.15, 0.2) is 11.6 Å². The van der Waals surface area contributed by atoms with E-state index in [1.54, 1.807) is 0 Å². The van der Waals surface area contributed by atoms with E-state index in [-0.39, 0.29) is 5.75 Å². The van der Waals surface area contributed by atoms with Crippen molar-refractivity contribution >= 4 is 5.97 Å². The molecule has 0 bridgehead atoms. The third kappa shape index (κ3) is 2.44. The fraction of sp³-hybridized carbons (Fsp3) is 0.0833. The topological polar surface area (TPSA) is 81.4 Å². The zero-order valence-electron chi connectivity index (χ0n) is 9.83. The summed E-state index contributed by atoms with van der Waals surface area (Å²) in [5, 5.41) is 12.5. The molecule has 0 aliphatic carbocycles. The molecule has 0 radical (unpaired) electrons. The second-order valence-corrected chi connectivity index (χ2v) is 3.60. The average molecular weight is 264 g/mol. The molecule has 6 nitrogen and oxygen atoms in total. The molecule has 0 fully saturated rings. The molecule has 1 heterocycles. The molecule has 1 aromatic carbocycles. The SMILES string of the molecule is COc1cc(-n2ccc(=O)c(C(=O)O)n2)ccc1F. The maximum absolute atomic E-state index is 13.3. The Hall–Kier alpha value is -2.70. The number of aromatic nitrogens is 2. The van der Waals surface area contributed by atoms with Gasteiger partial charge in [-0.3, -0.25) is 4.79 Å². The lowest BCUT2D eigenvalue weighted by molar-refractivity contribution is 0.0687. The molecular weight excluding hydrogens is 255 g/mol. The number of carbonyl (C=O) groups is 1. The van der Waals surface area contributed by atoms with E-state index in [0.717, 1.165) is 16.8 Å². The van der Waals surface area contributed by atoms with Crippen molar-refractivity contribution < 1.29 is 19.0 Å². The number of halogens is 1. The van der Waals surface area contributed by atoms with Gasteiger partial charge in [0.2, 0.25) is 11.1 Å². The molecule has 0 spiro atoms. The number of methoxy groups -OCH3 is 1. The number of hydrogen-bond acceptors (Lipinski definition) is 4. The highest BCUT2D eigenvalue weighted by Gasteiger charge is 2.12. The lowest BCUT2D eigenvalue weighted by Gasteiger charge is -2.08. The Morgan fingerprint density at radius 3 is 2.79 bits per heavy atom. The Labute approximate surface area is 106 Å². The predicted octanol–water partition coefficient (Wildman–Crippen LogP) is 1.08. The van der Waals surface area contributed by atoms with Gasteiger partial charge in [-0.2, -0.15) is 5.10 Å². The molecule has 0 saturated heterocycles. The van der Waals surface area contributed by atoms with Crippen LogP contribution >= 0.6 is 0 Å². The molecule has 1 N–H and O–H groups in total. The fourth-order valence-corrected chi connectivity index (χ4v) is 1.49. The summed E-state index contributed by atoms with van der Waals surface area (Å²) in [5.41, 5.74) is -0.927. The molecule has 7 heteroatoms. The van der Waals surface area contributed by atoms with Gasteiger partial charge in [0.25, 0.3) is 0 Å². The van der Waals surface area contributed by atoms with Gasteiger partial charge < -0.3 is 9.84 Å². The first-order chi connectivity index (χ1) is 9.02. The Morgan fingerprint density at radius 1 is 1.42 bits per heavy atom. The molecule has 0 atom stereocenters. The minimum atomic E-state index is -1.42. The second kappa shape index (κ2) is 4.89. The molecule has 0 saturated carbocycles. The van der Waals surface area contributed by atoms with Gasteiger partial charge in [-0.05, 0) is 12.1 Å². The van der Waals surface area contributed by atoms with Gasteiger partial charge in [-0.15, -0.1) is 0 Å². The maximum atomic E-state index is 13.3. The summed E-state index contributed by atoms with van der Waals surface area (Å²) in [6, 6.07) is 4.97. The van der Waals surface area contributed by atoms with E-state index >= 15 is 0 Å². The van der Waals surface area contributed by atoms with Crippen LogP contribution in [0.25, 0.3) is 5.69 Å². The summed E-state index contributed by atoms with van der Waals surface area (Å²) >= 11 is 0. The third-order valence-corrected chi connectivity index (χ3v) is 2.41. The number of carboxylic acids is 1. The molecule has 1 aromatic heterocycles. The summed E-state index contributed by atoms with van der Waals surface area (Å²) in [6.07, 6.45) is 1.29. The lowest BCUT2D eigenvalue weighted by atomic mass is 10.3. The minimum Gasteiger partial charge on any atom is -0.494 e. The van der Waals surface area contributed by atoms with Crippen LogP contribution in [0.2, 0.25) is 0 Å². The Balaban J connectivity index is 2.56. The van der Waals surface area contributed by atoms with Crippen LogP contribution in [0.3, 0.4) is 0 Å². The number of ether oxygens (including phenoxy) is 1. The largest absolute Gasteiger partial charge is 0.494 e. The number of carboxylic acid groups (broad SMARTS) is 1. The van der Waals surface area contributed by atoms with Crippen molar-refractivity contribution in [1.29, 1.82) is 0 Å². The van der Waals surface area contributed by atoms with Crippen molar-refractivity contribution in [3.05, 3.63) is 52.2 Å². The highest BCUT2D eigenvalue weighted by atomic mass is 19.1. The fourth-order valence-electron chi connectivity index (χ4n) is 1.49.